The van der Waals surface area contributed by atoms with Crippen molar-refractivity contribution in [3.8, 4) is 5.75 Å². The topological polar surface area (TPSA) is 59.0 Å². The Hall–Kier alpha value is -1.75. The normalized spacial score (nSPS) is 19.4. The van der Waals surface area contributed by atoms with E-state index < -0.39 is 5.60 Å². The first-order valence-corrected chi connectivity index (χ1v) is 7.15. The summed E-state index contributed by atoms with van der Waals surface area (Å²) in [6, 6.07) is 5.46. The third kappa shape index (κ3) is 4.11. The summed E-state index contributed by atoms with van der Waals surface area (Å²) >= 11 is 0. The molecular formula is C16H23NO4. The van der Waals surface area contributed by atoms with Crippen LogP contribution in [0.25, 0.3) is 0 Å². The van der Waals surface area contributed by atoms with Crippen LogP contribution in [0.2, 0.25) is 0 Å². The maximum absolute atomic E-state index is 12.1. The molecule has 2 rings (SSSR count). The number of nitrogens with zero attached hydrogens (tertiary/aromatic N) is 1. The van der Waals surface area contributed by atoms with Crippen molar-refractivity contribution in [3.05, 3.63) is 29.3 Å². The highest BCUT2D eigenvalue weighted by Gasteiger charge is 2.29. The zero-order valence-corrected chi connectivity index (χ0v) is 13.0. The molecule has 1 fully saturated rings. The predicted octanol–water partition coefficient (Wildman–Crippen LogP) is 3.01. The minimum atomic E-state index is -0.507. The highest BCUT2D eigenvalue weighted by molar-refractivity contribution is 5.68. The van der Waals surface area contributed by atoms with Gasteiger partial charge in [0.1, 0.15) is 17.5 Å². The van der Waals surface area contributed by atoms with Gasteiger partial charge in [-0.1, -0.05) is 12.1 Å². The van der Waals surface area contributed by atoms with Crippen LogP contribution in [0.5, 0.6) is 5.75 Å². The van der Waals surface area contributed by atoms with E-state index in [0.717, 1.165) is 11.1 Å². The first-order chi connectivity index (χ1) is 9.76. The molecule has 1 aromatic carbocycles. The van der Waals surface area contributed by atoms with Gasteiger partial charge in [-0.3, -0.25) is 0 Å². The number of carbonyl (C=O) groups is 1. The van der Waals surface area contributed by atoms with E-state index in [4.69, 9.17) is 9.47 Å². The zero-order chi connectivity index (χ0) is 15.6. The maximum Gasteiger partial charge on any atom is 0.410 e. The van der Waals surface area contributed by atoms with Crippen molar-refractivity contribution in [3.63, 3.8) is 0 Å². The lowest BCUT2D eigenvalue weighted by atomic mass is 10.1. The molecule has 0 saturated carbocycles. The van der Waals surface area contributed by atoms with Gasteiger partial charge in [0.05, 0.1) is 13.2 Å². The Morgan fingerprint density at radius 3 is 2.76 bits per heavy atom. The third-order valence-corrected chi connectivity index (χ3v) is 3.32. The van der Waals surface area contributed by atoms with Crippen LogP contribution in [-0.2, 0) is 9.47 Å². The first-order valence-electron chi connectivity index (χ1n) is 7.15. The number of amides is 1. The van der Waals surface area contributed by atoms with Crippen molar-refractivity contribution < 1.29 is 19.4 Å². The Balaban J connectivity index is 2.06. The molecule has 0 aliphatic carbocycles. The monoisotopic (exact) mass is 293 g/mol. The second-order valence-corrected chi connectivity index (χ2v) is 6.33. The Morgan fingerprint density at radius 1 is 1.43 bits per heavy atom. The number of aromatic hydroxyl groups is 1. The average Bonchev–Trinajstić information content (AvgIpc) is 2.40. The number of phenols is 1. The van der Waals surface area contributed by atoms with E-state index in [-0.39, 0.29) is 17.9 Å². The Kier molecular flexibility index (Phi) is 4.42. The smallest absolute Gasteiger partial charge is 0.410 e. The van der Waals surface area contributed by atoms with Crippen LogP contribution in [0.15, 0.2) is 18.2 Å². The van der Waals surface area contributed by atoms with Gasteiger partial charge < -0.3 is 19.5 Å². The number of carbonyl (C=O) groups excluding carboxylic acids is 1. The summed E-state index contributed by atoms with van der Waals surface area (Å²) in [6.45, 7) is 8.79. The minimum Gasteiger partial charge on any atom is -0.508 e. The molecule has 1 saturated heterocycles. The third-order valence-electron chi connectivity index (χ3n) is 3.32. The molecule has 1 N–H and O–H groups in total. The van der Waals surface area contributed by atoms with Gasteiger partial charge in [-0.2, -0.15) is 0 Å². The van der Waals surface area contributed by atoms with Crippen LogP contribution >= 0.6 is 0 Å². The molecule has 1 aliphatic rings. The van der Waals surface area contributed by atoms with Crippen LogP contribution in [0.4, 0.5) is 4.79 Å². The van der Waals surface area contributed by atoms with E-state index >= 15 is 0 Å². The number of phenolic OH excluding ortho intramolecular Hbond substituents is 1. The summed E-state index contributed by atoms with van der Waals surface area (Å²) in [6.07, 6.45) is -0.565. The van der Waals surface area contributed by atoms with E-state index in [1.54, 1.807) is 11.0 Å². The van der Waals surface area contributed by atoms with Gasteiger partial charge in [-0.25, -0.2) is 4.79 Å². The number of rotatable bonds is 1. The highest BCUT2D eigenvalue weighted by atomic mass is 16.6. The summed E-state index contributed by atoms with van der Waals surface area (Å²) < 4.78 is 11.1. The van der Waals surface area contributed by atoms with E-state index in [1.165, 1.54) is 0 Å². The summed E-state index contributed by atoms with van der Waals surface area (Å²) in [4.78, 5) is 13.8. The lowest BCUT2D eigenvalue weighted by Gasteiger charge is -2.34. The summed E-state index contributed by atoms with van der Waals surface area (Å²) in [7, 11) is 0. The number of morpholine rings is 1. The van der Waals surface area contributed by atoms with Gasteiger partial charge in [-0.15, -0.1) is 0 Å². The first kappa shape index (κ1) is 15.6. The molecule has 0 spiro atoms. The number of benzene rings is 1. The molecule has 0 radical (unpaired) electrons. The predicted molar refractivity (Wildman–Crippen MR) is 79.3 cm³/mol. The lowest BCUT2D eigenvalue weighted by Crippen LogP contribution is -2.44. The van der Waals surface area contributed by atoms with Crippen molar-refractivity contribution in [1.82, 2.24) is 4.90 Å². The number of aryl methyl sites for hydroxylation is 1. The van der Waals surface area contributed by atoms with Gasteiger partial charge in [0, 0.05) is 6.54 Å². The van der Waals surface area contributed by atoms with Crippen molar-refractivity contribution in [1.29, 1.82) is 0 Å². The molecule has 5 heteroatoms. The van der Waals surface area contributed by atoms with Gasteiger partial charge in [0.15, 0.2) is 0 Å². The van der Waals surface area contributed by atoms with Crippen molar-refractivity contribution in [2.45, 2.75) is 39.4 Å². The second kappa shape index (κ2) is 5.93. The van der Waals surface area contributed by atoms with E-state index in [0.29, 0.717) is 19.7 Å². The quantitative estimate of drug-likeness (QED) is 0.864. The molecule has 1 aliphatic heterocycles. The largest absolute Gasteiger partial charge is 0.508 e. The molecule has 5 nitrogen and oxygen atoms in total. The Morgan fingerprint density at radius 2 is 2.14 bits per heavy atom. The standard InChI is InChI=1S/C16H23NO4/c1-11-5-6-12(9-13(11)18)14-10-17(7-8-20-14)15(19)21-16(2,3)4/h5-6,9,14,18H,7-8,10H2,1-4H3. The van der Waals surface area contributed by atoms with E-state index in [9.17, 15) is 9.90 Å². The number of hydrogen-bond acceptors (Lipinski definition) is 4. The van der Waals surface area contributed by atoms with Crippen molar-refractivity contribution >= 4 is 6.09 Å². The van der Waals surface area contributed by atoms with Gasteiger partial charge >= 0.3 is 6.09 Å². The lowest BCUT2D eigenvalue weighted by molar-refractivity contribution is -0.0433. The fraction of sp³-hybridized carbons (Fsp3) is 0.562. The molecule has 1 atom stereocenters. The number of hydrogen-bond donors (Lipinski definition) is 1. The molecule has 1 amide bonds. The maximum atomic E-state index is 12.1. The second-order valence-electron chi connectivity index (χ2n) is 6.33. The molecule has 21 heavy (non-hydrogen) atoms. The van der Waals surface area contributed by atoms with Crippen LogP contribution in [0, 0.1) is 6.92 Å². The summed E-state index contributed by atoms with van der Waals surface area (Å²) in [5.41, 5.74) is 1.18. The average molecular weight is 293 g/mol. The fourth-order valence-corrected chi connectivity index (χ4v) is 2.17. The molecular weight excluding hydrogens is 270 g/mol. The molecule has 1 heterocycles. The molecule has 0 aromatic heterocycles. The van der Waals surface area contributed by atoms with Crippen LogP contribution in [-0.4, -0.2) is 41.4 Å². The number of ether oxygens (including phenoxy) is 2. The molecule has 0 bridgehead atoms. The van der Waals surface area contributed by atoms with Crippen LogP contribution in [0.3, 0.4) is 0 Å². The molecule has 116 valence electrons. The zero-order valence-electron chi connectivity index (χ0n) is 13.0. The minimum absolute atomic E-state index is 0.238. The van der Waals surface area contributed by atoms with Crippen molar-refractivity contribution in [2.75, 3.05) is 19.7 Å². The Bertz CT molecular complexity index is 521. The van der Waals surface area contributed by atoms with E-state index in [1.807, 2.05) is 39.8 Å². The fourth-order valence-electron chi connectivity index (χ4n) is 2.17. The van der Waals surface area contributed by atoms with Crippen LogP contribution in [0.1, 0.15) is 38.0 Å². The van der Waals surface area contributed by atoms with E-state index in [2.05, 4.69) is 0 Å². The van der Waals surface area contributed by atoms with Gasteiger partial charge in [0.2, 0.25) is 0 Å². The van der Waals surface area contributed by atoms with Crippen molar-refractivity contribution in [2.24, 2.45) is 0 Å². The SMILES string of the molecule is Cc1ccc(C2CN(C(=O)OC(C)(C)C)CCO2)cc1O. The molecule has 1 unspecified atom stereocenters. The summed E-state index contributed by atoms with van der Waals surface area (Å²) in [5.74, 6) is 0.241. The van der Waals surface area contributed by atoms with Gasteiger partial charge in [-0.05, 0) is 44.9 Å². The Labute approximate surface area is 125 Å². The highest BCUT2D eigenvalue weighted by Crippen LogP contribution is 2.27. The van der Waals surface area contributed by atoms with Gasteiger partial charge in [0.25, 0.3) is 0 Å². The summed E-state index contributed by atoms with van der Waals surface area (Å²) in [5, 5.41) is 9.80. The molecule has 1 aromatic rings. The van der Waals surface area contributed by atoms with Crippen LogP contribution < -0.4 is 0 Å².